The summed E-state index contributed by atoms with van der Waals surface area (Å²) in [5.74, 6) is 0. The van der Waals surface area contributed by atoms with Gasteiger partial charge in [0.1, 0.15) is 0 Å². The van der Waals surface area contributed by atoms with Crippen molar-refractivity contribution in [2.24, 2.45) is 5.29 Å². The van der Waals surface area contributed by atoms with E-state index >= 15 is 0 Å². The van der Waals surface area contributed by atoms with E-state index in [4.69, 9.17) is 0 Å². The van der Waals surface area contributed by atoms with Gasteiger partial charge in [0.05, 0.1) is 5.29 Å². The summed E-state index contributed by atoms with van der Waals surface area (Å²) in [5, 5.41) is 4.19. The summed E-state index contributed by atoms with van der Waals surface area (Å²) in [5.41, 5.74) is 0.712. The topological polar surface area (TPSA) is 32.7 Å². The fourth-order valence-electron chi connectivity index (χ4n) is 0.609. The molecule has 0 aromatic carbocycles. The molecule has 0 saturated carbocycles. The highest BCUT2D eigenvalue weighted by Gasteiger charge is 2.00. The lowest BCUT2D eigenvalue weighted by Gasteiger charge is -2.12. The molecule has 0 N–H and O–H groups in total. The molecule has 10 heavy (non-hydrogen) atoms. The summed E-state index contributed by atoms with van der Waals surface area (Å²) in [6.07, 6.45) is 2.05. The molecule has 3 heteroatoms. The van der Waals surface area contributed by atoms with E-state index in [1.54, 1.807) is 6.92 Å². The van der Waals surface area contributed by atoms with E-state index in [1.807, 2.05) is 0 Å². The summed E-state index contributed by atoms with van der Waals surface area (Å²) < 4.78 is 0. The van der Waals surface area contributed by atoms with E-state index in [0.29, 0.717) is 12.2 Å². The van der Waals surface area contributed by atoms with E-state index in [9.17, 15) is 4.91 Å². The van der Waals surface area contributed by atoms with Crippen LogP contribution in [-0.4, -0.2) is 11.6 Å². The van der Waals surface area contributed by atoms with Gasteiger partial charge in [-0.25, -0.2) is 5.01 Å². The highest BCUT2D eigenvalue weighted by atomic mass is 16.3. The van der Waals surface area contributed by atoms with E-state index in [-0.39, 0.29) is 0 Å². The minimum Gasteiger partial charge on any atom is -0.234 e. The molecular weight excluding hydrogens is 128 g/mol. The average molecular weight is 142 g/mol. The lowest BCUT2D eigenvalue weighted by Crippen LogP contribution is -2.14. The Hall–Kier alpha value is -0.860. The predicted octanol–water partition coefficient (Wildman–Crippen LogP) is 2.30. The first-order valence-corrected chi connectivity index (χ1v) is 3.48. The monoisotopic (exact) mass is 142 g/mol. The SMILES string of the molecule is C=C(C)N(CCCC)N=O. The minimum absolute atomic E-state index is 0.690. The normalized spacial score (nSPS) is 9.00. The third kappa shape index (κ3) is 3.22. The first-order chi connectivity index (χ1) is 4.72. The molecule has 0 aromatic heterocycles. The van der Waals surface area contributed by atoms with E-state index < -0.39 is 0 Å². The van der Waals surface area contributed by atoms with Gasteiger partial charge in [-0.3, -0.25) is 0 Å². The number of hydrogen-bond acceptors (Lipinski definition) is 2. The third-order valence-corrected chi connectivity index (χ3v) is 1.26. The summed E-state index contributed by atoms with van der Waals surface area (Å²) >= 11 is 0. The van der Waals surface area contributed by atoms with Crippen molar-refractivity contribution in [2.75, 3.05) is 6.54 Å². The van der Waals surface area contributed by atoms with Crippen molar-refractivity contribution in [1.82, 2.24) is 5.01 Å². The van der Waals surface area contributed by atoms with E-state index in [1.165, 1.54) is 5.01 Å². The third-order valence-electron chi connectivity index (χ3n) is 1.26. The van der Waals surface area contributed by atoms with Crippen LogP contribution in [0.25, 0.3) is 0 Å². The second-order valence-corrected chi connectivity index (χ2v) is 2.29. The lowest BCUT2D eigenvalue weighted by molar-refractivity contribution is 0.353. The molecule has 0 aromatic rings. The van der Waals surface area contributed by atoms with Crippen LogP contribution in [0.2, 0.25) is 0 Å². The molecule has 0 atom stereocenters. The zero-order chi connectivity index (χ0) is 7.98. The maximum atomic E-state index is 10.1. The zero-order valence-corrected chi connectivity index (χ0v) is 6.63. The van der Waals surface area contributed by atoms with Gasteiger partial charge in [-0.2, -0.15) is 0 Å². The van der Waals surface area contributed by atoms with Crippen LogP contribution in [0.4, 0.5) is 0 Å². The number of allylic oxidation sites excluding steroid dienone is 1. The van der Waals surface area contributed by atoms with Gasteiger partial charge in [0.25, 0.3) is 0 Å². The molecule has 0 spiro atoms. The number of unbranched alkanes of at least 4 members (excludes halogenated alkanes) is 1. The maximum absolute atomic E-state index is 10.1. The van der Waals surface area contributed by atoms with Crippen LogP contribution < -0.4 is 0 Å². The van der Waals surface area contributed by atoms with Crippen molar-refractivity contribution in [3.05, 3.63) is 17.2 Å². The van der Waals surface area contributed by atoms with Crippen LogP contribution >= 0.6 is 0 Å². The van der Waals surface area contributed by atoms with E-state index in [0.717, 1.165) is 12.8 Å². The highest BCUT2D eigenvalue weighted by Crippen LogP contribution is 2.02. The Kier molecular flexibility index (Phi) is 4.54. The molecule has 0 radical (unpaired) electrons. The van der Waals surface area contributed by atoms with Gasteiger partial charge in [-0.15, -0.1) is 4.91 Å². The average Bonchev–Trinajstić information content (AvgIpc) is 1.89. The molecular formula is C7H14N2O. The smallest absolute Gasteiger partial charge is 0.0570 e. The summed E-state index contributed by atoms with van der Waals surface area (Å²) in [6.45, 7) is 8.15. The molecule has 0 saturated heterocycles. The molecule has 0 aliphatic rings. The van der Waals surface area contributed by atoms with Crippen LogP contribution in [-0.2, 0) is 0 Å². The summed E-state index contributed by atoms with van der Waals surface area (Å²) in [6, 6.07) is 0. The Morgan fingerprint density at radius 1 is 1.70 bits per heavy atom. The largest absolute Gasteiger partial charge is 0.234 e. The van der Waals surface area contributed by atoms with E-state index in [2.05, 4.69) is 18.8 Å². The minimum atomic E-state index is 0.690. The summed E-state index contributed by atoms with van der Waals surface area (Å²) in [4.78, 5) is 10.1. The number of hydrogen-bond donors (Lipinski definition) is 0. The van der Waals surface area contributed by atoms with Gasteiger partial charge < -0.3 is 0 Å². The van der Waals surface area contributed by atoms with Gasteiger partial charge in [-0.05, 0) is 13.3 Å². The Balaban J connectivity index is 3.60. The Morgan fingerprint density at radius 2 is 2.30 bits per heavy atom. The first-order valence-electron chi connectivity index (χ1n) is 3.48. The quantitative estimate of drug-likeness (QED) is 0.436. The first kappa shape index (κ1) is 9.14. The predicted molar refractivity (Wildman–Crippen MR) is 42.2 cm³/mol. The van der Waals surface area contributed by atoms with Crippen LogP contribution in [0.1, 0.15) is 26.7 Å². The van der Waals surface area contributed by atoms with Crippen LogP contribution in [0, 0.1) is 4.91 Å². The standard InChI is InChI=1S/C7H14N2O/c1-4-5-6-9(8-10)7(2)3/h2,4-6H2,1,3H3. The zero-order valence-electron chi connectivity index (χ0n) is 6.63. The van der Waals surface area contributed by atoms with Gasteiger partial charge in [0, 0.05) is 12.2 Å². The molecule has 0 rings (SSSR count). The molecule has 58 valence electrons. The molecule has 0 aliphatic carbocycles. The van der Waals surface area contributed by atoms with Crippen molar-refractivity contribution < 1.29 is 0 Å². The fourth-order valence-corrected chi connectivity index (χ4v) is 0.609. The second-order valence-electron chi connectivity index (χ2n) is 2.29. The molecule has 0 fully saturated rings. The number of nitrogens with zero attached hydrogens (tertiary/aromatic N) is 2. The van der Waals surface area contributed by atoms with Crippen LogP contribution in [0.15, 0.2) is 17.6 Å². The lowest BCUT2D eigenvalue weighted by atomic mass is 10.3. The number of nitroso groups, excluding NO2 is 1. The highest BCUT2D eigenvalue weighted by molar-refractivity contribution is 4.85. The molecule has 0 unspecified atom stereocenters. The molecule has 3 nitrogen and oxygen atoms in total. The van der Waals surface area contributed by atoms with Gasteiger partial charge >= 0.3 is 0 Å². The second kappa shape index (κ2) is 4.97. The van der Waals surface area contributed by atoms with Crippen molar-refractivity contribution in [3.8, 4) is 0 Å². The molecule has 0 aliphatic heterocycles. The molecule has 0 bridgehead atoms. The van der Waals surface area contributed by atoms with Gasteiger partial charge in [-0.1, -0.05) is 19.9 Å². The van der Waals surface area contributed by atoms with Crippen molar-refractivity contribution in [1.29, 1.82) is 0 Å². The van der Waals surface area contributed by atoms with Crippen molar-refractivity contribution in [3.63, 3.8) is 0 Å². The van der Waals surface area contributed by atoms with Crippen LogP contribution in [0.5, 0.6) is 0 Å². The van der Waals surface area contributed by atoms with Crippen molar-refractivity contribution >= 4 is 0 Å². The van der Waals surface area contributed by atoms with Crippen LogP contribution in [0.3, 0.4) is 0 Å². The number of rotatable bonds is 5. The fraction of sp³-hybridized carbons (Fsp3) is 0.714. The summed E-state index contributed by atoms with van der Waals surface area (Å²) in [7, 11) is 0. The maximum Gasteiger partial charge on any atom is 0.0570 e. The Bertz CT molecular complexity index is 123. The van der Waals surface area contributed by atoms with Gasteiger partial charge in [0.2, 0.25) is 0 Å². The Morgan fingerprint density at radius 3 is 2.60 bits per heavy atom. The Labute approximate surface area is 61.7 Å². The van der Waals surface area contributed by atoms with Crippen molar-refractivity contribution in [2.45, 2.75) is 26.7 Å². The molecule has 0 heterocycles. The molecule has 0 amide bonds. The van der Waals surface area contributed by atoms with Gasteiger partial charge in [0.15, 0.2) is 0 Å².